The third kappa shape index (κ3) is 32.7. The van der Waals surface area contributed by atoms with E-state index in [1.165, 1.54) is 31.2 Å². The van der Waals surface area contributed by atoms with Crippen LogP contribution in [0.2, 0.25) is 0 Å². The number of hydrogen-bond donors (Lipinski definition) is 4. The van der Waals surface area contributed by atoms with Crippen molar-refractivity contribution in [3.8, 4) is 11.5 Å². The monoisotopic (exact) mass is 1600 g/mol. The van der Waals surface area contributed by atoms with Crippen LogP contribution < -0.4 is 10.6 Å². The Bertz CT molecular complexity index is 3000. The number of carbonyl (C=O) groups excluding carboxylic acids is 4. The van der Waals surface area contributed by atoms with E-state index in [2.05, 4.69) is 254 Å². The molecule has 8 rings (SSSR count). The molecule has 16 heteroatoms. The molecule has 0 atom stereocenters. The normalized spacial score (nSPS) is 23.9. The van der Waals surface area contributed by atoms with E-state index >= 15 is 0 Å². The molecule has 0 spiro atoms. The fourth-order valence-electron chi connectivity index (χ4n) is 19.2. The number of likely N-dealkylation sites (tertiary alicyclic amines) is 2. The second-order valence-corrected chi connectivity index (χ2v) is 45.5. The van der Waals surface area contributed by atoms with Crippen LogP contribution >= 0.6 is 0 Å². The van der Waals surface area contributed by atoms with Gasteiger partial charge in [-0.05, 0) is 237 Å². The Morgan fingerprint density at radius 3 is 0.851 bits per heavy atom. The predicted octanol–water partition coefficient (Wildman–Crippen LogP) is 23.5. The molecule has 6 aliphatic rings. The first-order chi connectivity index (χ1) is 52.0. The zero-order valence-corrected chi connectivity index (χ0v) is 79.0. The Morgan fingerprint density at radius 1 is 0.377 bits per heavy atom. The van der Waals surface area contributed by atoms with Gasteiger partial charge in [0.05, 0.1) is 13.2 Å². The summed E-state index contributed by atoms with van der Waals surface area (Å²) >= 11 is 0. The van der Waals surface area contributed by atoms with Crippen molar-refractivity contribution in [1.82, 2.24) is 20.4 Å². The van der Waals surface area contributed by atoms with E-state index in [0.717, 1.165) is 162 Å². The number of phenolic OH excluding ortho intramolecular Hbond substituents is 2. The molecule has 1 saturated carbocycles. The van der Waals surface area contributed by atoms with Gasteiger partial charge in [0.15, 0.2) is 6.29 Å². The summed E-state index contributed by atoms with van der Waals surface area (Å²) in [6.07, 6.45) is 25.9. The highest BCUT2D eigenvalue weighted by Crippen LogP contribution is 2.47. The lowest BCUT2D eigenvalue weighted by atomic mass is 9.74. The lowest BCUT2D eigenvalue weighted by Gasteiger charge is -2.53. The molecule has 658 valence electrons. The molecular weight excluding hydrogens is 1430 g/mol. The first-order valence-corrected chi connectivity index (χ1v) is 44.9. The van der Waals surface area contributed by atoms with Crippen LogP contribution in [0.4, 0.5) is 0 Å². The quantitative estimate of drug-likeness (QED) is 0.0440. The van der Waals surface area contributed by atoms with Gasteiger partial charge in [-0.1, -0.05) is 173 Å². The standard InChI is InChI=1S/C30H56N2O4.C28H52N2O4.C21H34O.C19H30O3.H2/c1-27(2)19-23(20-28(3,4)31(27)9)35-25(33)17-15-13-11-12-14-16-18-26(34)36-24-21-29(5,6)32(10)30(7,8)22-24;1-25(2)17-21(18-26(3,4)29-25)33-23(31)15-13-11-9-10-12-14-16-24(32)34-22-19-27(5,6)30-28(7,8)20-22;1-14-8-10-15(11-9-14)16-12-17(20(2,3)4)19(22)18(13-16)21(5,6)7;1-12-10-21-17(22-11-12)13-8-14(18(2,3)4)16(20)15(9-13)19(5,6)7;/h23-24H,11-22H2,1-10H3;21-22,29-30H,9-20H2,1-8H3;12-15,22H,8-11H2,1-7H3;8-9,12,17,20H,10-11H2,1-7H3;1H. The molecule has 5 saturated heterocycles. The smallest absolute Gasteiger partial charge is 0.306 e. The first kappa shape index (κ1) is 100. The summed E-state index contributed by atoms with van der Waals surface area (Å²) in [4.78, 5) is 54.2. The molecular formula is C98H174N4O12. The van der Waals surface area contributed by atoms with Crippen molar-refractivity contribution < 1.29 is 59.2 Å². The lowest BCUT2D eigenvalue weighted by Crippen LogP contribution is -2.60. The van der Waals surface area contributed by atoms with Crippen LogP contribution in [-0.4, -0.2) is 140 Å². The molecule has 0 amide bonds. The van der Waals surface area contributed by atoms with Gasteiger partial charge in [-0.25, -0.2) is 0 Å². The number of benzene rings is 2. The van der Waals surface area contributed by atoms with Gasteiger partial charge in [-0.3, -0.25) is 29.0 Å². The number of hydrogen-bond acceptors (Lipinski definition) is 16. The van der Waals surface area contributed by atoms with Gasteiger partial charge in [0.25, 0.3) is 0 Å². The molecule has 0 aromatic heterocycles. The molecule has 1 aliphatic carbocycles. The SMILES string of the molecule is CC1(C)CC(OC(=O)CCCCCCCCC(=O)OC2CC(C)(C)NC(C)(C)C2)CC(C)(C)N1.CC1CCC(c2cc(C(C)(C)C)c(O)c(C(C)(C)C)c2)CC1.CC1COC(c2cc(C(C)(C)C)c(O)c(C(C)(C)C)c2)OC1.CN1C(C)(C)CC(OC(=O)CCCCCCCCC(=O)OC2CC(C)(C)N(C)C(C)(C)C2)CC1(C)C.[HH]. The maximum absolute atomic E-state index is 12.4. The number of rotatable bonds is 24. The fraction of sp³-hybridized carbons (Fsp3) is 0.837. The minimum absolute atomic E-state index is 0. The molecule has 5 heterocycles. The topological polar surface area (TPSA) is 195 Å². The van der Waals surface area contributed by atoms with Crippen molar-refractivity contribution in [3.05, 3.63) is 57.6 Å². The van der Waals surface area contributed by atoms with Crippen LogP contribution in [0.15, 0.2) is 24.3 Å². The largest absolute Gasteiger partial charge is 0.507 e. The van der Waals surface area contributed by atoms with Gasteiger partial charge >= 0.3 is 23.9 Å². The number of nitrogens with zero attached hydrogens (tertiary/aromatic N) is 2. The molecule has 5 aliphatic heterocycles. The highest BCUT2D eigenvalue weighted by atomic mass is 16.7. The van der Waals surface area contributed by atoms with E-state index in [9.17, 15) is 29.4 Å². The molecule has 4 N–H and O–H groups in total. The highest BCUT2D eigenvalue weighted by molar-refractivity contribution is 5.71. The maximum Gasteiger partial charge on any atom is 0.306 e. The van der Waals surface area contributed by atoms with Gasteiger partial charge in [-0.15, -0.1) is 0 Å². The number of ether oxygens (including phenoxy) is 6. The Kier molecular flexibility index (Phi) is 35.9. The minimum atomic E-state index is -0.334. The molecule has 0 bridgehead atoms. The van der Waals surface area contributed by atoms with Gasteiger partial charge in [0.1, 0.15) is 35.9 Å². The van der Waals surface area contributed by atoms with Crippen LogP contribution in [0, 0.1) is 11.8 Å². The summed E-state index contributed by atoms with van der Waals surface area (Å²) in [5.74, 6) is 2.63. The summed E-state index contributed by atoms with van der Waals surface area (Å²) in [7, 11) is 4.33. The van der Waals surface area contributed by atoms with Crippen LogP contribution in [-0.2, 0) is 69.3 Å². The third-order valence-electron chi connectivity index (χ3n) is 25.4. The van der Waals surface area contributed by atoms with Crippen LogP contribution in [0.5, 0.6) is 11.5 Å². The molecule has 16 nitrogen and oxygen atoms in total. The molecule has 6 fully saturated rings. The zero-order valence-electron chi connectivity index (χ0n) is 79.0. The zero-order chi connectivity index (χ0) is 86.4. The molecule has 0 unspecified atom stereocenters. The number of piperidine rings is 4. The number of aromatic hydroxyl groups is 2. The van der Waals surface area contributed by atoms with Crippen molar-refractivity contribution in [2.24, 2.45) is 11.8 Å². The Morgan fingerprint density at radius 2 is 0.605 bits per heavy atom. The van der Waals surface area contributed by atoms with Crippen molar-refractivity contribution in [2.75, 3.05) is 27.3 Å². The lowest BCUT2D eigenvalue weighted by molar-refractivity contribution is -0.202. The van der Waals surface area contributed by atoms with E-state index < -0.39 is 0 Å². The van der Waals surface area contributed by atoms with Gasteiger partial charge < -0.3 is 49.3 Å². The van der Waals surface area contributed by atoms with E-state index in [4.69, 9.17) is 28.4 Å². The molecule has 2 aromatic carbocycles. The first-order valence-electron chi connectivity index (χ1n) is 44.9. The average Bonchev–Trinajstić information content (AvgIpc) is 0.780. The maximum atomic E-state index is 12.4. The summed E-state index contributed by atoms with van der Waals surface area (Å²) in [6.45, 7) is 66.9. The van der Waals surface area contributed by atoms with Gasteiger partial charge in [0, 0.05) is 134 Å². The van der Waals surface area contributed by atoms with Crippen molar-refractivity contribution in [2.45, 2.75) is 490 Å². The summed E-state index contributed by atoms with van der Waals surface area (Å²) in [5.41, 5.74) is 6.27. The number of esters is 4. The number of carbonyl (C=O) groups is 4. The van der Waals surface area contributed by atoms with E-state index in [1.807, 2.05) is 12.1 Å². The second kappa shape index (κ2) is 40.8. The Hall–Kier alpha value is -4.32. The van der Waals surface area contributed by atoms with Crippen LogP contribution in [0.3, 0.4) is 0 Å². The minimum Gasteiger partial charge on any atom is -0.507 e. The Balaban J connectivity index is 0.000000329. The van der Waals surface area contributed by atoms with E-state index in [-0.39, 0.29) is 122 Å². The highest BCUT2D eigenvalue weighted by Gasteiger charge is 2.47. The van der Waals surface area contributed by atoms with Crippen molar-refractivity contribution >= 4 is 23.9 Å². The predicted molar refractivity (Wildman–Crippen MR) is 472 cm³/mol. The second-order valence-electron chi connectivity index (χ2n) is 45.5. The molecule has 114 heavy (non-hydrogen) atoms. The Labute approximate surface area is 698 Å². The average molecular weight is 1600 g/mol. The summed E-state index contributed by atoms with van der Waals surface area (Å²) in [5, 5.41) is 28.8. The number of phenols is 2. The van der Waals surface area contributed by atoms with Gasteiger partial charge in [0.2, 0.25) is 0 Å². The van der Waals surface area contributed by atoms with Crippen molar-refractivity contribution in [1.29, 1.82) is 0 Å². The summed E-state index contributed by atoms with van der Waals surface area (Å²) < 4.78 is 35.0. The molecule has 2 aromatic rings. The summed E-state index contributed by atoms with van der Waals surface area (Å²) in [6, 6.07) is 8.63. The van der Waals surface area contributed by atoms with Crippen molar-refractivity contribution in [3.63, 3.8) is 0 Å². The molecule has 0 radical (unpaired) electrons. The number of unbranched alkanes of at least 4 members (excludes halogenated alkanes) is 10. The van der Waals surface area contributed by atoms with E-state index in [0.29, 0.717) is 62.2 Å². The fourth-order valence-corrected chi connectivity index (χ4v) is 19.2. The number of nitrogens with one attached hydrogen (secondary N) is 2. The van der Waals surface area contributed by atoms with Crippen LogP contribution in [0.1, 0.15) is 435 Å². The van der Waals surface area contributed by atoms with E-state index in [1.54, 1.807) is 0 Å². The van der Waals surface area contributed by atoms with Crippen LogP contribution in [0.25, 0.3) is 0 Å². The third-order valence-corrected chi connectivity index (χ3v) is 25.4. The van der Waals surface area contributed by atoms with Gasteiger partial charge in [-0.2, -0.15) is 0 Å².